The minimum Gasteiger partial charge on any atom is -0.415 e. The number of aromatic nitrogens is 1. The van der Waals surface area contributed by atoms with Crippen molar-refractivity contribution < 1.29 is 48.6 Å². The second kappa shape index (κ2) is 6.32. The fourth-order valence-corrected chi connectivity index (χ4v) is 2.78. The molecule has 3 nitrogen and oxygen atoms in total. The van der Waals surface area contributed by atoms with Gasteiger partial charge in [-0.1, -0.05) is 6.07 Å². The molecule has 2 heterocycles. The Morgan fingerprint density at radius 3 is 1.96 bits per heavy atom. The number of ether oxygens (including phenoxy) is 1. The summed E-state index contributed by atoms with van der Waals surface area (Å²) in [5.74, 6) is -4.18. The third-order valence-corrected chi connectivity index (χ3v) is 4.17. The highest BCUT2D eigenvalue weighted by Gasteiger charge is 2.78. The van der Waals surface area contributed by atoms with Gasteiger partial charge in [0.05, 0.1) is 0 Å². The maximum atomic E-state index is 13.4. The van der Waals surface area contributed by atoms with E-state index < -0.39 is 57.7 Å². The molecule has 0 spiro atoms. The highest BCUT2D eigenvalue weighted by molar-refractivity contribution is 8.15. The van der Waals surface area contributed by atoms with Crippen LogP contribution < -0.4 is 4.74 Å². The standard InChI is InChI=1S/C12H4F10N2OS/c13-6(10(14,15)16)7-9(11(17,18)19,12(20,21)22)26-8(24-7)25-5-3-1-2-4-23-5/h1-4H. The molecule has 0 unspecified atom stereocenters. The number of halogens is 10. The van der Waals surface area contributed by atoms with Gasteiger partial charge in [0.1, 0.15) is 5.70 Å². The number of nitrogens with zero attached hydrogens (tertiary/aromatic N) is 2. The van der Waals surface area contributed by atoms with Gasteiger partial charge < -0.3 is 4.74 Å². The quantitative estimate of drug-likeness (QED) is 0.595. The van der Waals surface area contributed by atoms with E-state index in [0.29, 0.717) is 0 Å². The molecule has 0 N–H and O–H groups in total. The fraction of sp³-hybridized carbons (Fsp3) is 0.333. The summed E-state index contributed by atoms with van der Waals surface area (Å²) in [6.07, 6.45) is -17.8. The Hall–Kier alpha value is -1.99. The smallest absolute Gasteiger partial charge is 0.415 e. The lowest BCUT2D eigenvalue weighted by Gasteiger charge is -2.32. The zero-order chi connectivity index (χ0) is 20.0. The van der Waals surface area contributed by atoms with Gasteiger partial charge in [0.2, 0.25) is 11.7 Å². The highest BCUT2D eigenvalue weighted by atomic mass is 32.2. The second-order valence-electron chi connectivity index (χ2n) is 4.59. The molecule has 144 valence electrons. The van der Waals surface area contributed by atoms with Crippen LogP contribution in [0.25, 0.3) is 0 Å². The first-order chi connectivity index (χ1) is 11.7. The molecule has 1 aliphatic rings. The van der Waals surface area contributed by atoms with E-state index in [9.17, 15) is 43.9 Å². The molecule has 0 fully saturated rings. The Morgan fingerprint density at radius 1 is 0.962 bits per heavy atom. The van der Waals surface area contributed by atoms with Crippen LogP contribution in [0.2, 0.25) is 0 Å². The average Bonchev–Trinajstić information content (AvgIpc) is 2.86. The predicted octanol–water partition coefficient (Wildman–Crippen LogP) is 5.17. The van der Waals surface area contributed by atoms with Crippen molar-refractivity contribution in [2.45, 2.75) is 23.3 Å². The van der Waals surface area contributed by atoms with Crippen LogP contribution in [-0.4, -0.2) is 33.5 Å². The van der Waals surface area contributed by atoms with E-state index in [4.69, 9.17) is 0 Å². The van der Waals surface area contributed by atoms with Crippen LogP contribution in [0.4, 0.5) is 43.9 Å². The van der Waals surface area contributed by atoms with Crippen LogP contribution in [0.15, 0.2) is 40.9 Å². The largest absolute Gasteiger partial charge is 0.444 e. The monoisotopic (exact) mass is 414 g/mol. The summed E-state index contributed by atoms with van der Waals surface area (Å²) in [4.78, 5) is 5.92. The van der Waals surface area contributed by atoms with Crippen molar-refractivity contribution in [2.75, 3.05) is 0 Å². The normalized spacial score (nSPS) is 20.0. The minimum absolute atomic E-state index is 0.550. The molecule has 0 atom stereocenters. The molecule has 1 aromatic rings. The number of allylic oxidation sites excluding steroid dienone is 1. The SMILES string of the molecule is FC(=C1N=C(Oc2ccccn2)SC1(C(F)(F)F)C(F)(F)F)C(F)(F)F. The Balaban J connectivity index is 2.66. The molecular weight excluding hydrogens is 410 g/mol. The van der Waals surface area contributed by atoms with Gasteiger partial charge in [-0.25, -0.2) is 9.98 Å². The van der Waals surface area contributed by atoms with Gasteiger partial charge in [-0.15, -0.1) is 0 Å². The topological polar surface area (TPSA) is 34.5 Å². The van der Waals surface area contributed by atoms with E-state index in [1.807, 2.05) is 0 Å². The number of aliphatic imine (C=N–C) groups is 1. The second-order valence-corrected chi connectivity index (χ2v) is 5.75. The van der Waals surface area contributed by atoms with E-state index in [2.05, 4.69) is 14.7 Å². The first-order valence-corrected chi connectivity index (χ1v) is 6.99. The van der Waals surface area contributed by atoms with Gasteiger partial charge in [0.15, 0.2) is 0 Å². The molecule has 0 bridgehead atoms. The number of thioether (sulfide) groups is 1. The summed E-state index contributed by atoms with van der Waals surface area (Å²) >= 11 is -1.24. The minimum atomic E-state index is -6.37. The summed E-state index contributed by atoms with van der Waals surface area (Å²) in [5, 5.41) is -1.49. The van der Waals surface area contributed by atoms with Crippen molar-refractivity contribution in [3.63, 3.8) is 0 Å². The molecule has 0 saturated carbocycles. The maximum Gasteiger partial charge on any atom is 0.444 e. The number of hydrogen-bond acceptors (Lipinski definition) is 4. The van der Waals surface area contributed by atoms with Crippen molar-refractivity contribution in [3.05, 3.63) is 35.9 Å². The molecule has 1 aromatic heterocycles. The van der Waals surface area contributed by atoms with Crippen LogP contribution in [0, 0.1) is 0 Å². The molecule has 0 aliphatic carbocycles. The number of alkyl halides is 9. The van der Waals surface area contributed by atoms with E-state index in [1.165, 1.54) is 12.1 Å². The lowest BCUT2D eigenvalue weighted by Crippen LogP contribution is -2.54. The molecule has 0 aromatic carbocycles. The van der Waals surface area contributed by atoms with Crippen LogP contribution in [0.1, 0.15) is 0 Å². The van der Waals surface area contributed by atoms with Crippen molar-refractivity contribution in [2.24, 2.45) is 4.99 Å². The van der Waals surface area contributed by atoms with Crippen molar-refractivity contribution >= 4 is 17.0 Å². The molecular formula is C12H4F10N2OS. The molecule has 1 aliphatic heterocycles. The zero-order valence-electron chi connectivity index (χ0n) is 11.8. The van der Waals surface area contributed by atoms with Gasteiger partial charge in [-0.3, -0.25) is 0 Å². The fourth-order valence-electron chi connectivity index (χ4n) is 1.80. The summed E-state index contributed by atoms with van der Waals surface area (Å²) in [7, 11) is 0. The van der Waals surface area contributed by atoms with Crippen LogP contribution >= 0.6 is 11.8 Å². The Kier molecular flexibility index (Phi) is 4.94. The van der Waals surface area contributed by atoms with Gasteiger partial charge in [0, 0.05) is 12.3 Å². The van der Waals surface area contributed by atoms with Crippen LogP contribution in [-0.2, 0) is 0 Å². The van der Waals surface area contributed by atoms with Gasteiger partial charge in [-0.05, 0) is 17.8 Å². The Morgan fingerprint density at radius 2 is 1.54 bits per heavy atom. The van der Waals surface area contributed by atoms with Crippen LogP contribution in [0.3, 0.4) is 0 Å². The Labute approximate surface area is 141 Å². The summed E-state index contributed by atoms with van der Waals surface area (Å²) in [6.45, 7) is 0. The lowest BCUT2D eigenvalue weighted by molar-refractivity contribution is -0.253. The molecule has 0 saturated heterocycles. The van der Waals surface area contributed by atoms with Crippen LogP contribution in [0.5, 0.6) is 5.88 Å². The average molecular weight is 414 g/mol. The molecule has 0 amide bonds. The molecule has 0 radical (unpaired) electrons. The Bertz CT molecular complexity index is 721. The highest BCUT2D eigenvalue weighted by Crippen LogP contribution is 2.61. The molecule has 14 heteroatoms. The molecule has 26 heavy (non-hydrogen) atoms. The summed E-state index contributed by atoms with van der Waals surface area (Å²) in [6, 6.07) is 3.55. The van der Waals surface area contributed by atoms with Crippen molar-refractivity contribution in [3.8, 4) is 5.88 Å². The van der Waals surface area contributed by atoms with Crippen molar-refractivity contribution in [1.29, 1.82) is 0 Å². The van der Waals surface area contributed by atoms with Crippen molar-refractivity contribution in [1.82, 2.24) is 4.98 Å². The first-order valence-electron chi connectivity index (χ1n) is 6.17. The third kappa shape index (κ3) is 3.46. The number of rotatable bonds is 1. The van der Waals surface area contributed by atoms with Gasteiger partial charge >= 0.3 is 18.5 Å². The first kappa shape index (κ1) is 20.3. The number of pyridine rings is 1. The van der Waals surface area contributed by atoms with E-state index in [-0.39, 0.29) is 0 Å². The van der Waals surface area contributed by atoms with Gasteiger partial charge in [0.25, 0.3) is 9.98 Å². The van der Waals surface area contributed by atoms with E-state index in [1.54, 1.807) is 0 Å². The zero-order valence-corrected chi connectivity index (χ0v) is 12.6. The van der Waals surface area contributed by atoms with E-state index in [0.717, 1.165) is 12.3 Å². The molecule has 2 rings (SSSR count). The van der Waals surface area contributed by atoms with Gasteiger partial charge in [-0.2, -0.15) is 43.9 Å². The lowest BCUT2D eigenvalue weighted by atomic mass is 10.0. The predicted molar refractivity (Wildman–Crippen MR) is 68.9 cm³/mol. The third-order valence-electron chi connectivity index (χ3n) is 2.86. The number of hydrogen-bond donors (Lipinski definition) is 0. The summed E-state index contributed by atoms with van der Waals surface area (Å²) in [5.41, 5.74) is -2.89. The maximum absolute atomic E-state index is 13.4. The summed E-state index contributed by atoms with van der Waals surface area (Å²) < 4.78 is 129. The van der Waals surface area contributed by atoms with E-state index >= 15 is 0 Å².